The highest BCUT2D eigenvalue weighted by molar-refractivity contribution is 6.30. The van der Waals surface area contributed by atoms with Crippen molar-refractivity contribution in [2.24, 2.45) is 5.73 Å². The molecule has 0 amide bonds. The van der Waals surface area contributed by atoms with E-state index in [0.717, 1.165) is 16.9 Å². The first-order valence-electron chi connectivity index (χ1n) is 4.72. The van der Waals surface area contributed by atoms with Gasteiger partial charge in [-0.2, -0.15) is 5.10 Å². The van der Waals surface area contributed by atoms with E-state index in [0.29, 0.717) is 11.6 Å². The number of hydrogen-bond donors (Lipinski definition) is 1. The molecule has 0 bridgehead atoms. The minimum absolute atomic E-state index is 0.464. The second-order valence-electron chi connectivity index (χ2n) is 3.37. The lowest BCUT2D eigenvalue weighted by Gasteiger charge is -2.09. The van der Waals surface area contributed by atoms with Crippen LogP contribution in [0.2, 0.25) is 5.02 Å². The van der Waals surface area contributed by atoms with Crippen LogP contribution in [0.15, 0.2) is 30.5 Å². The molecule has 0 saturated carbocycles. The predicted octanol–water partition coefficient (Wildman–Crippen LogP) is 2.29. The normalized spacial score (nSPS) is 10.6. The molecule has 15 heavy (non-hydrogen) atoms. The zero-order valence-electron chi connectivity index (χ0n) is 8.44. The Balaban J connectivity index is 2.58. The molecule has 0 aliphatic rings. The number of aryl methyl sites for hydroxylation is 1. The third-order valence-corrected chi connectivity index (χ3v) is 2.56. The third kappa shape index (κ3) is 1.89. The van der Waals surface area contributed by atoms with E-state index < -0.39 is 0 Å². The standard InChI is InChI=1S/C11H12ClN3/c1-8-2-3-9(12)6-11(8)15-10(7-13)4-5-14-15/h2-6H,7,13H2,1H3. The van der Waals surface area contributed by atoms with Crippen LogP contribution in [0.3, 0.4) is 0 Å². The predicted molar refractivity (Wildman–Crippen MR) is 61.2 cm³/mol. The summed E-state index contributed by atoms with van der Waals surface area (Å²) in [6.07, 6.45) is 1.74. The molecule has 0 aliphatic heterocycles. The number of rotatable bonds is 2. The van der Waals surface area contributed by atoms with Gasteiger partial charge >= 0.3 is 0 Å². The molecule has 0 atom stereocenters. The Bertz CT molecular complexity index is 476. The minimum atomic E-state index is 0.464. The summed E-state index contributed by atoms with van der Waals surface area (Å²) in [6.45, 7) is 2.49. The number of aromatic nitrogens is 2. The van der Waals surface area contributed by atoms with Crippen molar-refractivity contribution >= 4 is 11.6 Å². The second kappa shape index (κ2) is 4.04. The Morgan fingerprint density at radius 1 is 1.40 bits per heavy atom. The van der Waals surface area contributed by atoms with E-state index in [1.54, 1.807) is 6.20 Å². The summed E-state index contributed by atoms with van der Waals surface area (Å²) in [5.74, 6) is 0. The highest BCUT2D eigenvalue weighted by Crippen LogP contribution is 2.20. The fraction of sp³-hybridized carbons (Fsp3) is 0.182. The van der Waals surface area contributed by atoms with Crippen LogP contribution in [-0.2, 0) is 6.54 Å². The molecule has 2 rings (SSSR count). The smallest absolute Gasteiger partial charge is 0.0693 e. The molecule has 0 fully saturated rings. The topological polar surface area (TPSA) is 43.8 Å². The molecular weight excluding hydrogens is 210 g/mol. The van der Waals surface area contributed by atoms with Crippen molar-refractivity contribution in [1.82, 2.24) is 9.78 Å². The molecule has 3 nitrogen and oxygen atoms in total. The molecule has 0 spiro atoms. The van der Waals surface area contributed by atoms with Crippen LogP contribution < -0.4 is 5.73 Å². The Kier molecular flexibility index (Phi) is 2.75. The lowest BCUT2D eigenvalue weighted by atomic mass is 10.2. The van der Waals surface area contributed by atoms with Crippen LogP contribution in [0, 0.1) is 6.92 Å². The Morgan fingerprint density at radius 3 is 2.93 bits per heavy atom. The fourth-order valence-corrected chi connectivity index (χ4v) is 1.68. The quantitative estimate of drug-likeness (QED) is 0.846. The van der Waals surface area contributed by atoms with Crippen LogP contribution in [-0.4, -0.2) is 9.78 Å². The van der Waals surface area contributed by atoms with Crippen LogP contribution >= 0.6 is 11.6 Å². The Morgan fingerprint density at radius 2 is 2.20 bits per heavy atom. The minimum Gasteiger partial charge on any atom is -0.325 e. The molecule has 2 N–H and O–H groups in total. The molecule has 78 valence electrons. The first-order valence-corrected chi connectivity index (χ1v) is 5.09. The van der Waals surface area contributed by atoms with E-state index in [9.17, 15) is 0 Å². The van der Waals surface area contributed by atoms with Gasteiger partial charge in [-0.25, -0.2) is 4.68 Å². The summed E-state index contributed by atoms with van der Waals surface area (Å²) in [7, 11) is 0. The molecule has 0 radical (unpaired) electrons. The molecular formula is C11H12ClN3. The Labute approximate surface area is 93.5 Å². The molecule has 4 heteroatoms. The van der Waals surface area contributed by atoms with Crippen LogP contribution in [0.25, 0.3) is 5.69 Å². The van der Waals surface area contributed by atoms with Gasteiger partial charge in [0.25, 0.3) is 0 Å². The summed E-state index contributed by atoms with van der Waals surface area (Å²) in [5.41, 5.74) is 8.70. The van der Waals surface area contributed by atoms with Crippen LogP contribution in [0.1, 0.15) is 11.3 Å². The third-order valence-electron chi connectivity index (χ3n) is 2.33. The average molecular weight is 222 g/mol. The molecule has 0 saturated heterocycles. The van der Waals surface area contributed by atoms with Crippen molar-refractivity contribution in [3.63, 3.8) is 0 Å². The van der Waals surface area contributed by atoms with Gasteiger partial charge in [0.1, 0.15) is 0 Å². The SMILES string of the molecule is Cc1ccc(Cl)cc1-n1nccc1CN. The van der Waals surface area contributed by atoms with E-state index in [2.05, 4.69) is 5.10 Å². The summed E-state index contributed by atoms with van der Waals surface area (Å²) in [5, 5.41) is 4.94. The molecule has 0 unspecified atom stereocenters. The average Bonchev–Trinajstić information content (AvgIpc) is 2.69. The zero-order chi connectivity index (χ0) is 10.8. The van der Waals surface area contributed by atoms with Crippen molar-refractivity contribution in [3.8, 4) is 5.69 Å². The van der Waals surface area contributed by atoms with Gasteiger partial charge in [0, 0.05) is 17.8 Å². The summed E-state index contributed by atoms with van der Waals surface area (Å²) >= 11 is 5.96. The number of halogens is 1. The summed E-state index contributed by atoms with van der Waals surface area (Å²) < 4.78 is 1.82. The summed E-state index contributed by atoms with van der Waals surface area (Å²) in [4.78, 5) is 0. The molecule has 1 aromatic heterocycles. The maximum absolute atomic E-state index is 5.96. The highest BCUT2D eigenvalue weighted by Gasteiger charge is 2.06. The van der Waals surface area contributed by atoms with E-state index in [4.69, 9.17) is 17.3 Å². The monoisotopic (exact) mass is 221 g/mol. The number of nitrogens with two attached hydrogens (primary N) is 1. The molecule has 1 heterocycles. The lowest BCUT2D eigenvalue weighted by Crippen LogP contribution is -2.07. The summed E-state index contributed by atoms with van der Waals surface area (Å²) in [6, 6.07) is 7.63. The van der Waals surface area contributed by atoms with Gasteiger partial charge in [-0.3, -0.25) is 0 Å². The lowest BCUT2D eigenvalue weighted by molar-refractivity contribution is 0.799. The number of benzene rings is 1. The van der Waals surface area contributed by atoms with Crippen molar-refractivity contribution < 1.29 is 0 Å². The first kappa shape index (κ1) is 10.2. The Hall–Kier alpha value is -1.32. The van der Waals surface area contributed by atoms with Crippen molar-refractivity contribution in [3.05, 3.63) is 46.7 Å². The largest absolute Gasteiger partial charge is 0.325 e. The van der Waals surface area contributed by atoms with Crippen LogP contribution in [0.4, 0.5) is 0 Å². The molecule has 1 aromatic carbocycles. The first-order chi connectivity index (χ1) is 7.22. The van der Waals surface area contributed by atoms with Crippen molar-refractivity contribution in [2.45, 2.75) is 13.5 Å². The van der Waals surface area contributed by atoms with Gasteiger partial charge in [-0.15, -0.1) is 0 Å². The van der Waals surface area contributed by atoms with E-state index in [1.807, 2.05) is 35.9 Å². The second-order valence-corrected chi connectivity index (χ2v) is 3.81. The van der Waals surface area contributed by atoms with Crippen LogP contribution in [0.5, 0.6) is 0 Å². The van der Waals surface area contributed by atoms with E-state index in [1.165, 1.54) is 0 Å². The van der Waals surface area contributed by atoms with E-state index in [-0.39, 0.29) is 0 Å². The number of nitrogens with zero attached hydrogens (tertiary/aromatic N) is 2. The molecule has 2 aromatic rings. The fourth-order valence-electron chi connectivity index (χ4n) is 1.51. The van der Waals surface area contributed by atoms with Gasteiger partial charge in [0.05, 0.1) is 11.4 Å². The zero-order valence-corrected chi connectivity index (χ0v) is 9.20. The van der Waals surface area contributed by atoms with Gasteiger partial charge in [-0.1, -0.05) is 17.7 Å². The van der Waals surface area contributed by atoms with Crippen molar-refractivity contribution in [1.29, 1.82) is 0 Å². The van der Waals surface area contributed by atoms with Gasteiger partial charge in [-0.05, 0) is 30.7 Å². The molecule has 0 aliphatic carbocycles. The van der Waals surface area contributed by atoms with Gasteiger partial charge in [0.15, 0.2) is 0 Å². The number of hydrogen-bond acceptors (Lipinski definition) is 2. The van der Waals surface area contributed by atoms with Crippen molar-refractivity contribution in [2.75, 3.05) is 0 Å². The highest BCUT2D eigenvalue weighted by atomic mass is 35.5. The maximum Gasteiger partial charge on any atom is 0.0693 e. The van der Waals surface area contributed by atoms with E-state index >= 15 is 0 Å². The van der Waals surface area contributed by atoms with Gasteiger partial charge < -0.3 is 5.73 Å². The maximum atomic E-state index is 5.96. The van der Waals surface area contributed by atoms with Gasteiger partial charge in [0.2, 0.25) is 0 Å².